The van der Waals surface area contributed by atoms with E-state index in [0.717, 1.165) is 36.5 Å². The van der Waals surface area contributed by atoms with Gasteiger partial charge in [0.05, 0.1) is 11.3 Å². The maximum absolute atomic E-state index is 13.2. The Labute approximate surface area is 158 Å². The van der Waals surface area contributed by atoms with Crippen molar-refractivity contribution in [3.63, 3.8) is 0 Å². The minimum atomic E-state index is -4.28. The highest BCUT2D eigenvalue weighted by Gasteiger charge is 2.38. The lowest BCUT2D eigenvalue weighted by molar-refractivity contribution is -0.137. The molecule has 1 aliphatic heterocycles. The summed E-state index contributed by atoms with van der Waals surface area (Å²) in [7, 11) is 4.02. The summed E-state index contributed by atoms with van der Waals surface area (Å²) in [5.41, 5.74) is 0.239. The molecule has 1 saturated carbocycles. The van der Waals surface area contributed by atoms with Crippen molar-refractivity contribution in [2.75, 3.05) is 32.1 Å². The van der Waals surface area contributed by atoms with Crippen LogP contribution in [0.1, 0.15) is 37.7 Å². The molecule has 142 valence electrons. The van der Waals surface area contributed by atoms with Crippen LogP contribution in [0.3, 0.4) is 0 Å². The molecule has 1 aromatic carbocycles. The summed E-state index contributed by atoms with van der Waals surface area (Å²) in [6.45, 7) is 1.63. The second-order valence-electron chi connectivity index (χ2n) is 7.04. The van der Waals surface area contributed by atoms with Crippen LogP contribution in [-0.4, -0.2) is 43.4 Å². The molecule has 3 rings (SSSR count). The van der Waals surface area contributed by atoms with Crippen molar-refractivity contribution in [1.82, 2.24) is 4.90 Å². The Bertz CT molecular complexity index is 580. The van der Waals surface area contributed by atoms with E-state index in [9.17, 15) is 13.2 Å². The van der Waals surface area contributed by atoms with Gasteiger partial charge in [0.15, 0.2) is 0 Å². The monoisotopic (exact) mass is 394 g/mol. The molecule has 0 bridgehead atoms. The fourth-order valence-corrected chi connectivity index (χ4v) is 5.20. The van der Waals surface area contributed by atoms with E-state index in [1.807, 2.05) is 14.1 Å². The van der Waals surface area contributed by atoms with Crippen molar-refractivity contribution in [2.45, 2.75) is 54.5 Å². The molecule has 1 heterocycles. The minimum absolute atomic E-state index is 0. The highest BCUT2D eigenvalue weighted by Crippen LogP contribution is 2.47. The van der Waals surface area contributed by atoms with Gasteiger partial charge in [-0.05, 0) is 45.1 Å². The van der Waals surface area contributed by atoms with Gasteiger partial charge in [-0.25, -0.2) is 0 Å². The minimum Gasteiger partial charge on any atom is -0.365 e. The fraction of sp³-hybridized carbons (Fsp3) is 0.667. The highest BCUT2D eigenvalue weighted by atomic mass is 35.5. The Kier molecular flexibility index (Phi) is 6.96. The third-order valence-electron chi connectivity index (χ3n) is 4.98. The summed E-state index contributed by atoms with van der Waals surface area (Å²) in [5.74, 6) is 0. The van der Waals surface area contributed by atoms with Crippen LogP contribution in [-0.2, 0) is 6.18 Å². The molecule has 1 aromatic rings. The average molecular weight is 395 g/mol. The lowest BCUT2D eigenvalue weighted by Gasteiger charge is -2.43. The maximum Gasteiger partial charge on any atom is 0.416 e. The lowest BCUT2D eigenvalue weighted by atomic mass is 10.0. The van der Waals surface area contributed by atoms with E-state index >= 15 is 0 Å². The number of hydrogen-bond acceptors (Lipinski definition) is 3. The van der Waals surface area contributed by atoms with Crippen molar-refractivity contribution in [1.29, 1.82) is 0 Å². The van der Waals surface area contributed by atoms with Crippen molar-refractivity contribution < 1.29 is 13.2 Å². The van der Waals surface area contributed by atoms with Gasteiger partial charge in [0.1, 0.15) is 0 Å². The zero-order valence-corrected chi connectivity index (χ0v) is 16.3. The Morgan fingerprint density at radius 2 is 1.88 bits per heavy atom. The summed E-state index contributed by atoms with van der Waals surface area (Å²) >= 11 is 1.79. The Hall–Kier alpha value is -0.590. The number of nitrogens with zero attached hydrogens (tertiary/aromatic N) is 2. The summed E-state index contributed by atoms with van der Waals surface area (Å²) in [4.78, 5) is 5.36. The zero-order chi connectivity index (χ0) is 17.3. The molecule has 1 aliphatic carbocycles. The maximum atomic E-state index is 13.2. The number of alkyl halides is 3. The van der Waals surface area contributed by atoms with E-state index in [0.29, 0.717) is 11.3 Å². The first-order chi connectivity index (χ1) is 11.4. The van der Waals surface area contributed by atoms with E-state index < -0.39 is 11.7 Å². The molecule has 0 spiro atoms. The van der Waals surface area contributed by atoms with Crippen LogP contribution in [0.25, 0.3) is 0 Å². The first-order valence-corrected chi connectivity index (χ1v) is 9.53. The molecule has 0 aromatic heterocycles. The molecular formula is C18H26ClF3N2S. The van der Waals surface area contributed by atoms with E-state index in [1.165, 1.54) is 31.4 Å². The topological polar surface area (TPSA) is 6.48 Å². The quantitative estimate of drug-likeness (QED) is 0.686. The fourth-order valence-electron chi connectivity index (χ4n) is 3.70. The van der Waals surface area contributed by atoms with Crippen molar-refractivity contribution in [3.8, 4) is 0 Å². The first-order valence-electron chi connectivity index (χ1n) is 8.65. The van der Waals surface area contributed by atoms with Gasteiger partial charge < -0.3 is 9.80 Å². The van der Waals surface area contributed by atoms with Crippen LogP contribution in [0, 0.1) is 0 Å². The van der Waals surface area contributed by atoms with Crippen molar-refractivity contribution in [2.24, 2.45) is 0 Å². The molecule has 0 saturated heterocycles. The SMILES string of the molecule is CN(C)CCN1c2cc(C(F)(F)F)ccc2SC2CCCCCC21.Cl. The predicted octanol–water partition coefficient (Wildman–Crippen LogP) is 5.30. The summed E-state index contributed by atoms with van der Waals surface area (Å²) in [6.07, 6.45) is 1.60. The standard InChI is InChI=1S/C18H25F3N2S.ClH/c1-22(2)10-11-23-14-6-4-3-5-7-16(14)24-17-9-8-13(12-15(17)23)18(19,20)21;/h8-9,12,14,16H,3-7,10-11H2,1-2H3;1H. The molecule has 1 fully saturated rings. The predicted molar refractivity (Wildman–Crippen MR) is 101 cm³/mol. The van der Waals surface area contributed by atoms with E-state index in [1.54, 1.807) is 17.8 Å². The number of anilines is 1. The summed E-state index contributed by atoms with van der Waals surface area (Å²) in [6, 6.07) is 4.62. The molecule has 0 amide bonds. The normalized spacial score (nSPS) is 23.5. The van der Waals surface area contributed by atoms with Crippen LogP contribution in [0.4, 0.5) is 18.9 Å². The van der Waals surface area contributed by atoms with Gasteiger partial charge in [-0.1, -0.05) is 19.3 Å². The zero-order valence-electron chi connectivity index (χ0n) is 14.7. The number of rotatable bonds is 3. The number of hydrogen-bond donors (Lipinski definition) is 0. The molecule has 2 aliphatic rings. The molecule has 0 N–H and O–H groups in total. The molecule has 0 radical (unpaired) electrons. The molecule has 2 nitrogen and oxygen atoms in total. The van der Waals surface area contributed by atoms with Gasteiger partial charge >= 0.3 is 6.18 Å². The smallest absolute Gasteiger partial charge is 0.365 e. The van der Waals surface area contributed by atoms with Gasteiger partial charge in [-0.15, -0.1) is 24.2 Å². The van der Waals surface area contributed by atoms with Gasteiger partial charge in [0.2, 0.25) is 0 Å². The highest BCUT2D eigenvalue weighted by molar-refractivity contribution is 8.00. The molecular weight excluding hydrogens is 369 g/mol. The second-order valence-corrected chi connectivity index (χ2v) is 8.32. The van der Waals surface area contributed by atoms with Gasteiger partial charge in [-0.3, -0.25) is 0 Å². The van der Waals surface area contributed by atoms with E-state index in [2.05, 4.69) is 9.80 Å². The van der Waals surface area contributed by atoms with Gasteiger partial charge in [0, 0.05) is 29.3 Å². The van der Waals surface area contributed by atoms with E-state index in [-0.39, 0.29) is 12.4 Å². The molecule has 2 atom stereocenters. The number of fused-ring (bicyclic) bond motifs is 2. The Balaban J connectivity index is 0.00000225. The second kappa shape index (κ2) is 8.40. The van der Waals surface area contributed by atoms with Crippen molar-refractivity contribution >= 4 is 29.9 Å². The Morgan fingerprint density at radius 3 is 2.56 bits per heavy atom. The number of thioether (sulfide) groups is 1. The molecule has 7 heteroatoms. The van der Waals surface area contributed by atoms with Crippen LogP contribution >= 0.6 is 24.2 Å². The molecule has 25 heavy (non-hydrogen) atoms. The lowest BCUT2D eigenvalue weighted by Crippen LogP contribution is -2.47. The van der Waals surface area contributed by atoms with Crippen LogP contribution in [0.5, 0.6) is 0 Å². The first kappa shape index (κ1) is 20.7. The largest absolute Gasteiger partial charge is 0.416 e. The van der Waals surface area contributed by atoms with Gasteiger partial charge in [0.25, 0.3) is 0 Å². The van der Waals surface area contributed by atoms with E-state index in [4.69, 9.17) is 0 Å². The average Bonchev–Trinajstić information content (AvgIpc) is 2.75. The third-order valence-corrected chi connectivity index (χ3v) is 6.43. The van der Waals surface area contributed by atoms with Crippen LogP contribution < -0.4 is 4.90 Å². The summed E-state index contributed by atoms with van der Waals surface area (Å²) in [5, 5.41) is 0.499. The molecule has 2 unspecified atom stereocenters. The van der Waals surface area contributed by atoms with Crippen molar-refractivity contribution in [3.05, 3.63) is 23.8 Å². The number of halogens is 4. The van der Waals surface area contributed by atoms with Crippen LogP contribution in [0.2, 0.25) is 0 Å². The Morgan fingerprint density at radius 1 is 1.16 bits per heavy atom. The number of benzene rings is 1. The van der Waals surface area contributed by atoms with Crippen LogP contribution in [0.15, 0.2) is 23.1 Å². The third kappa shape index (κ3) is 4.77. The number of likely N-dealkylation sites (N-methyl/N-ethyl adjacent to an activating group) is 1. The van der Waals surface area contributed by atoms with Gasteiger partial charge in [-0.2, -0.15) is 13.2 Å². The summed E-state index contributed by atoms with van der Waals surface area (Å²) < 4.78 is 39.5.